The van der Waals surface area contributed by atoms with Crippen LogP contribution >= 0.6 is 0 Å². The highest BCUT2D eigenvalue weighted by atomic mass is 16.4. The maximum absolute atomic E-state index is 12.3. The summed E-state index contributed by atoms with van der Waals surface area (Å²) in [6.07, 6.45) is 0.847. The molecule has 1 rings (SSSR count). The highest BCUT2D eigenvalue weighted by Crippen LogP contribution is 2.18. The van der Waals surface area contributed by atoms with Gasteiger partial charge in [0.1, 0.15) is 0 Å². The van der Waals surface area contributed by atoms with Crippen LogP contribution < -0.4 is 0 Å². The van der Waals surface area contributed by atoms with Gasteiger partial charge in [-0.25, -0.2) is 0 Å². The largest absolute Gasteiger partial charge is 0.481 e. The summed E-state index contributed by atoms with van der Waals surface area (Å²) in [5.41, 5.74) is 0. The molecule has 1 aliphatic rings. The molecule has 0 aromatic heterocycles. The standard InChI is InChI=1S/C13H24N2O3/c1-9(2)5-6-15-8-10(3)14(4)11(13(15)18)7-12(16)17/h9-11H,5-8H2,1-4H3,(H,16,17). The molecule has 0 bridgehead atoms. The SMILES string of the molecule is CC(C)CCN1CC(C)N(C)C(CC(=O)O)C1=O. The minimum Gasteiger partial charge on any atom is -0.481 e. The second-order valence-electron chi connectivity index (χ2n) is 5.59. The first-order valence-corrected chi connectivity index (χ1v) is 6.55. The van der Waals surface area contributed by atoms with Crippen molar-refractivity contribution in [1.29, 1.82) is 0 Å². The van der Waals surface area contributed by atoms with Gasteiger partial charge in [0.25, 0.3) is 0 Å². The van der Waals surface area contributed by atoms with E-state index in [1.807, 2.05) is 23.8 Å². The summed E-state index contributed by atoms with van der Waals surface area (Å²) in [4.78, 5) is 26.8. The number of rotatable bonds is 5. The fraction of sp³-hybridized carbons (Fsp3) is 0.846. The van der Waals surface area contributed by atoms with Crippen LogP contribution in [0.5, 0.6) is 0 Å². The Bertz CT molecular complexity index is 317. The normalized spacial score (nSPS) is 25.8. The van der Waals surface area contributed by atoms with Crippen LogP contribution in [-0.2, 0) is 9.59 Å². The number of carbonyl (C=O) groups excluding carboxylic acids is 1. The number of carboxylic acids is 1. The van der Waals surface area contributed by atoms with Gasteiger partial charge in [-0.1, -0.05) is 13.8 Å². The van der Waals surface area contributed by atoms with Gasteiger partial charge in [0, 0.05) is 19.1 Å². The van der Waals surface area contributed by atoms with Crippen molar-refractivity contribution in [2.45, 2.75) is 45.7 Å². The Morgan fingerprint density at radius 1 is 1.50 bits per heavy atom. The number of hydrogen-bond acceptors (Lipinski definition) is 3. The van der Waals surface area contributed by atoms with E-state index < -0.39 is 12.0 Å². The Hall–Kier alpha value is -1.10. The van der Waals surface area contributed by atoms with E-state index in [4.69, 9.17) is 5.11 Å². The van der Waals surface area contributed by atoms with Gasteiger partial charge in [0.05, 0.1) is 12.5 Å². The molecule has 1 heterocycles. The summed E-state index contributed by atoms with van der Waals surface area (Å²) >= 11 is 0. The highest BCUT2D eigenvalue weighted by Gasteiger charge is 2.37. The number of aliphatic carboxylic acids is 1. The zero-order valence-electron chi connectivity index (χ0n) is 11.7. The van der Waals surface area contributed by atoms with E-state index in [1.54, 1.807) is 0 Å². The van der Waals surface area contributed by atoms with Gasteiger partial charge in [-0.05, 0) is 26.3 Å². The van der Waals surface area contributed by atoms with Crippen molar-refractivity contribution in [2.75, 3.05) is 20.1 Å². The number of nitrogens with zero attached hydrogens (tertiary/aromatic N) is 2. The predicted octanol–water partition coefficient (Wildman–Crippen LogP) is 1.04. The number of carboxylic acid groups (broad SMARTS) is 1. The summed E-state index contributed by atoms with van der Waals surface area (Å²) in [5.74, 6) is -0.414. The van der Waals surface area contributed by atoms with E-state index in [9.17, 15) is 9.59 Å². The average Bonchev–Trinajstić information content (AvgIpc) is 2.27. The fourth-order valence-corrected chi connectivity index (χ4v) is 2.24. The van der Waals surface area contributed by atoms with E-state index in [-0.39, 0.29) is 18.4 Å². The Morgan fingerprint density at radius 2 is 2.11 bits per heavy atom. The molecule has 0 aromatic rings. The second-order valence-corrected chi connectivity index (χ2v) is 5.59. The molecule has 0 aromatic carbocycles. The molecule has 0 saturated carbocycles. The van der Waals surface area contributed by atoms with Gasteiger partial charge in [0.15, 0.2) is 0 Å². The zero-order valence-corrected chi connectivity index (χ0v) is 11.7. The van der Waals surface area contributed by atoms with Crippen LogP contribution in [0.15, 0.2) is 0 Å². The smallest absolute Gasteiger partial charge is 0.305 e. The molecule has 1 amide bonds. The Morgan fingerprint density at radius 3 is 2.61 bits per heavy atom. The van der Waals surface area contributed by atoms with Crippen molar-refractivity contribution < 1.29 is 14.7 Å². The van der Waals surface area contributed by atoms with Crippen LogP contribution in [0.4, 0.5) is 0 Å². The highest BCUT2D eigenvalue weighted by molar-refractivity contribution is 5.87. The van der Waals surface area contributed by atoms with Crippen LogP contribution in [0.1, 0.15) is 33.6 Å². The number of likely N-dealkylation sites (N-methyl/N-ethyl adjacent to an activating group) is 1. The first-order chi connectivity index (χ1) is 8.32. The van der Waals surface area contributed by atoms with E-state index in [2.05, 4.69) is 13.8 Å². The lowest BCUT2D eigenvalue weighted by atomic mass is 10.0. The van der Waals surface area contributed by atoms with Crippen molar-refractivity contribution in [3.8, 4) is 0 Å². The average molecular weight is 256 g/mol. The van der Waals surface area contributed by atoms with E-state index in [0.717, 1.165) is 13.0 Å². The van der Waals surface area contributed by atoms with Crippen molar-refractivity contribution in [3.05, 3.63) is 0 Å². The van der Waals surface area contributed by atoms with E-state index in [1.165, 1.54) is 0 Å². The molecule has 5 nitrogen and oxygen atoms in total. The van der Waals surface area contributed by atoms with E-state index in [0.29, 0.717) is 12.5 Å². The number of amides is 1. The fourth-order valence-electron chi connectivity index (χ4n) is 2.24. The summed E-state index contributed by atoms with van der Waals surface area (Å²) < 4.78 is 0. The predicted molar refractivity (Wildman–Crippen MR) is 69.3 cm³/mol. The number of piperazine rings is 1. The third kappa shape index (κ3) is 3.70. The third-order valence-corrected chi connectivity index (χ3v) is 3.61. The van der Waals surface area contributed by atoms with Crippen molar-refractivity contribution in [1.82, 2.24) is 9.80 Å². The summed E-state index contributed by atoms with van der Waals surface area (Å²) in [6.45, 7) is 7.70. The molecule has 5 heteroatoms. The molecule has 0 radical (unpaired) electrons. The second kappa shape index (κ2) is 6.18. The van der Waals surface area contributed by atoms with Gasteiger partial charge in [-0.3, -0.25) is 14.5 Å². The van der Waals surface area contributed by atoms with Crippen molar-refractivity contribution >= 4 is 11.9 Å². The van der Waals surface area contributed by atoms with Crippen LogP contribution in [0.2, 0.25) is 0 Å². The molecule has 1 aliphatic heterocycles. The molecular weight excluding hydrogens is 232 g/mol. The zero-order chi connectivity index (χ0) is 13.9. The molecule has 104 valence electrons. The topological polar surface area (TPSA) is 60.9 Å². The lowest BCUT2D eigenvalue weighted by molar-refractivity contribution is -0.150. The minimum atomic E-state index is -0.918. The van der Waals surface area contributed by atoms with Crippen LogP contribution in [0.3, 0.4) is 0 Å². The Kier molecular flexibility index (Phi) is 5.14. The van der Waals surface area contributed by atoms with Crippen LogP contribution in [-0.4, -0.2) is 59.0 Å². The van der Waals surface area contributed by atoms with Gasteiger partial charge < -0.3 is 10.0 Å². The lowest BCUT2D eigenvalue weighted by Crippen LogP contribution is -2.60. The molecule has 18 heavy (non-hydrogen) atoms. The molecule has 1 fully saturated rings. The van der Waals surface area contributed by atoms with Crippen molar-refractivity contribution in [3.63, 3.8) is 0 Å². The van der Waals surface area contributed by atoms with Gasteiger partial charge >= 0.3 is 5.97 Å². The minimum absolute atomic E-state index is 0.0429. The molecule has 2 unspecified atom stereocenters. The monoisotopic (exact) mass is 256 g/mol. The lowest BCUT2D eigenvalue weighted by Gasteiger charge is -2.42. The summed E-state index contributed by atoms with van der Waals surface area (Å²) in [6, 6.07) is -0.308. The quantitative estimate of drug-likeness (QED) is 0.798. The first kappa shape index (κ1) is 15.0. The molecule has 0 spiro atoms. The third-order valence-electron chi connectivity index (χ3n) is 3.61. The number of carbonyl (C=O) groups is 2. The van der Waals surface area contributed by atoms with Crippen LogP contribution in [0.25, 0.3) is 0 Å². The molecule has 1 saturated heterocycles. The Balaban J connectivity index is 2.71. The first-order valence-electron chi connectivity index (χ1n) is 6.55. The number of hydrogen-bond donors (Lipinski definition) is 1. The van der Waals surface area contributed by atoms with E-state index >= 15 is 0 Å². The van der Waals surface area contributed by atoms with Gasteiger partial charge in [-0.2, -0.15) is 0 Å². The van der Waals surface area contributed by atoms with Gasteiger partial charge in [-0.15, -0.1) is 0 Å². The maximum Gasteiger partial charge on any atom is 0.305 e. The molecule has 2 atom stereocenters. The maximum atomic E-state index is 12.3. The molecular formula is C13H24N2O3. The van der Waals surface area contributed by atoms with Gasteiger partial charge in [0.2, 0.25) is 5.91 Å². The molecule has 0 aliphatic carbocycles. The van der Waals surface area contributed by atoms with Crippen LogP contribution in [0, 0.1) is 5.92 Å². The summed E-state index contributed by atoms with van der Waals surface area (Å²) in [7, 11) is 1.83. The molecule has 1 N–H and O–H groups in total. The summed E-state index contributed by atoms with van der Waals surface area (Å²) in [5, 5.41) is 8.89. The van der Waals surface area contributed by atoms with Crippen molar-refractivity contribution in [2.24, 2.45) is 5.92 Å². The Labute approximate surface area is 109 Å².